The van der Waals surface area contributed by atoms with E-state index in [1.165, 1.54) is 12.8 Å². The fraction of sp³-hybridized carbons (Fsp3) is 0.750. The maximum Gasteiger partial charge on any atom is 0.108 e. The molecule has 0 amide bonds. The summed E-state index contributed by atoms with van der Waals surface area (Å²) in [6, 6.07) is 0.632. The fourth-order valence-corrected chi connectivity index (χ4v) is 0.884. The van der Waals surface area contributed by atoms with Crippen LogP contribution in [0.4, 0.5) is 0 Å². The van der Waals surface area contributed by atoms with E-state index in [2.05, 4.69) is 33.6 Å². The highest BCUT2D eigenvalue weighted by molar-refractivity contribution is 6.10. The molecule has 10 heavy (non-hydrogen) atoms. The summed E-state index contributed by atoms with van der Waals surface area (Å²) in [7, 11) is 2.12. The highest BCUT2D eigenvalue weighted by Crippen LogP contribution is 2.00. The molecule has 0 aromatic carbocycles. The Morgan fingerprint density at radius 1 is 1.50 bits per heavy atom. The van der Waals surface area contributed by atoms with Gasteiger partial charge in [-0.25, -0.2) is 0 Å². The zero-order valence-electron chi connectivity index (χ0n) is 7.41. The Labute approximate surface area is 65.3 Å². The van der Waals surface area contributed by atoms with Crippen LogP contribution in [0.3, 0.4) is 0 Å². The quantitative estimate of drug-likeness (QED) is 0.566. The van der Waals surface area contributed by atoms with E-state index in [0.717, 1.165) is 12.0 Å². The minimum absolute atomic E-state index is 0.632. The van der Waals surface area contributed by atoms with Gasteiger partial charge in [0.25, 0.3) is 0 Å². The van der Waals surface area contributed by atoms with Crippen molar-refractivity contribution in [1.82, 2.24) is 5.32 Å². The highest BCUT2D eigenvalue weighted by Gasteiger charge is 2.00. The Balaban J connectivity index is 3.52. The molecule has 0 aliphatic heterocycles. The Morgan fingerprint density at radius 2 is 2.00 bits per heavy atom. The van der Waals surface area contributed by atoms with Crippen molar-refractivity contribution in [3.63, 3.8) is 0 Å². The summed E-state index contributed by atoms with van der Waals surface area (Å²) in [5.41, 5.74) is 1.16. The summed E-state index contributed by atoms with van der Waals surface area (Å²) in [6.07, 6.45) is 3.42. The number of hydrogen-bond acceptors (Lipinski definition) is 1. The van der Waals surface area contributed by atoms with Gasteiger partial charge in [-0.1, -0.05) is 20.4 Å². The predicted octanol–water partition coefficient (Wildman–Crippen LogP) is 1.33. The van der Waals surface area contributed by atoms with Gasteiger partial charge in [-0.3, -0.25) is 0 Å². The second-order valence-corrected chi connectivity index (χ2v) is 2.61. The lowest BCUT2D eigenvalue weighted by molar-refractivity contribution is 0.534. The Morgan fingerprint density at radius 3 is 2.30 bits per heavy atom. The standard InChI is InChI=1S/C8H18BN/c1-4-8(5-2)10-7(3)6-9/h8,10H,3-6,9H2,1-2H3. The van der Waals surface area contributed by atoms with Gasteiger partial charge in [-0.15, -0.1) is 0 Å². The number of nitrogens with one attached hydrogen (secondary N) is 1. The van der Waals surface area contributed by atoms with Crippen LogP contribution in [0.5, 0.6) is 0 Å². The Bertz CT molecular complexity index is 97.4. The van der Waals surface area contributed by atoms with Crippen LogP contribution in [0, 0.1) is 0 Å². The van der Waals surface area contributed by atoms with E-state index in [1.807, 2.05) is 0 Å². The molecule has 0 unspecified atom stereocenters. The molecule has 58 valence electrons. The predicted molar refractivity (Wildman–Crippen MR) is 50.0 cm³/mol. The summed E-state index contributed by atoms with van der Waals surface area (Å²) < 4.78 is 0. The second-order valence-electron chi connectivity index (χ2n) is 2.61. The van der Waals surface area contributed by atoms with Gasteiger partial charge < -0.3 is 5.32 Å². The SMILES string of the molecule is BCC(=C)NC(CC)CC. The summed E-state index contributed by atoms with van der Waals surface area (Å²) in [4.78, 5) is 0. The largest absolute Gasteiger partial charge is 0.387 e. The lowest BCUT2D eigenvalue weighted by Gasteiger charge is -2.16. The third-order valence-corrected chi connectivity index (χ3v) is 1.82. The van der Waals surface area contributed by atoms with Gasteiger partial charge in [0.2, 0.25) is 0 Å². The van der Waals surface area contributed by atoms with Crippen molar-refractivity contribution in [2.45, 2.75) is 39.1 Å². The maximum absolute atomic E-state index is 3.90. The van der Waals surface area contributed by atoms with Crippen molar-refractivity contribution in [2.75, 3.05) is 0 Å². The van der Waals surface area contributed by atoms with Gasteiger partial charge in [0.05, 0.1) is 0 Å². The highest BCUT2D eigenvalue weighted by atomic mass is 14.9. The van der Waals surface area contributed by atoms with E-state index in [0.29, 0.717) is 6.04 Å². The summed E-state index contributed by atoms with van der Waals surface area (Å²) in [5, 5.41) is 3.37. The van der Waals surface area contributed by atoms with Gasteiger partial charge in [-0.2, -0.15) is 0 Å². The van der Waals surface area contributed by atoms with Crippen molar-refractivity contribution in [2.24, 2.45) is 0 Å². The van der Waals surface area contributed by atoms with E-state index < -0.39 is 0 Å². The van der Waals surface area contributed by atoms with Crippen LogP contribution in [0.2, 0.25) is 6.32 Å². The molecule has 0 aromatic heterocycles. The van der Waals surface area contributed by atoms with Crippen LogP contribution in [-0.4, -0.2) is 13.9 Å². The molecule has 0 radical (unpaired) electrons. The van der Waals surface area contributed by atoms with E-state index in [4.69, 9.17) is 0 Å². The molecule has 0 aromatic rings. The van der Waals surface area contributed by atoms with Crippen molar-refractivity contribution in [1.29, 1.82) is 0 Å². The molecule has 1 nitrogen and oxygen atoms in total. The Hall–Kier alpha value is -0.395. The van der Waals surface area contributed by atoms with Crippen molar-refractivity contribution in [3.05, 3.63) is 12.3 Å². The second kappa shape index (κ2) is 5.39. The fourth-order valence-electron chi connectivity index (χ4n) is 0.884. The molecule has 0 heterocycles. The van der Waals surface area contributed by atoms with Gasteiger partial charge in [0.1, 0.15) is 7.85 Å². The molecule has 0 fully saturated rings. The lowest BCUT2D eigenvalue weighted by atomic mass is 10.0. The van der Waals surface area contributed by atoms with Crippen LogP contribution in [0.25, 0.3) is 0 Å². The van der Waals surface area contributed by atoms with E-state index in [1.54, 1.807) is 0 Å². The average Bonchev–Trinajstić information content (AvgIpc) is 1.99. The number of allylic oxidation sites excluding steroid dienone is 1. The normalized spacial score (nSPS) is 9.90. The molecule has 1 N–H and O–H groups in total. The maximum atomic E-state index is 3.90. The average molecular weight is 139 g/mol. The van der Waals surface area contributed by atoms with Crippen molar-refractivity contribution < 1.29 is 0 Å². The third-order valence-electron chi connectivity index (χ3n) is 1.82. The minimum atomic E-state index is 0.632. The van der Waals surface area contributed by atoms with Crippen LogP contribution in [0.1, 0.15) is 26.7 Å². The smallest absolute Gasteiger partial charge is 0.108 e. The monoisotopic (exact) mass is 139 g/mol. The molecule has 0 saturated heterocycles. The summed E-state index contributed by atoms with van der Waals surface area (Å²) in [5.74, 6) is 0. The molecular formula is C8H18BN. The van der Waals surface area contributed by atoms with E-state index in [-0.39, 0.29) is 0 Å². The van der Waals surface area contributed by atoms with Gasteiger partial charge in [-0.05, 0) is 24.9 Å². The molecule has 0 spiro atoms. The van der Waals surface area contributed by atoms with E-state index in [9.17, 15) is 0 Å². The van der Waals surface area contributed by atoms with Gasteiger partial charge in [0, 0.05) is 6.04 Å². The van der Waals surface area contributed by atoms with E-state index >= 15 is 0 Å². The Kier molecular flexibility index (Phi) is 5.18. The molecule has 0 saturated carbocycles. The lowest BCUT2D eigenvalue weighted by Crippen LogP contribution is -2.26. The summed E-state index contributed by atoms with van der Waals surface area (Å²) in [6.45, 7) is 8.29. The molecule has 0 rings (SSSR count). The van der Waals surface area contributed by atoms with Crippen LogP contribution >= 0.6 is 0 Å². The molecule has 0 bridgehead atoms. The van der Waals surface area contributed by atoms with Crippen LogP contribution in [-0.2, 0) is 0 Å². The third kappa shape index (κ3) is 3.60. The first-order valence-corrected chi connectivity index (χ1v) is 4.18. The summed E-state index contributed by atoms with van der Waals surface area (Å²) >= 11 is 0. The molecular weight excluding hydrogens is 121 g/mol. The molecule has 0 atom stereocenters. The van der Waals surface area contributed by atoms with Crippen molar-refractivity contribution in [3.8, 4) is 0 Å². The van der Waals surface area contributed by atoms with Gasteiger partial charge in [0.15, 0.2) is 0 Å². The molecule has 0 aliphatic rings. The zero-order valence-corrected chi connectivity index (χ0v) is 7.41. The first-order chi connectivity index (χ1) is 4.74. The minimum Gasteiger partial charge on any atom is -0.387 e. The topological polar surface area (TPSA) is 12.0 Å². The first kappa shape index (κ1) is 9.60. The van der Waals surface area contributed by atoms with Crippen LogP contribution in [0.15, 0.2) is 12.3 Å². The molecule has 2 heteroatoms. The van der Waals surface area contributed by atoms with Crippen molar-refractivity contribution >= 4 is 7.85 Å². The molecule has 0 aliphatic carbocycles. The van der Waals surface area contributed by atoms with Crippen LogP contribution < -0.4 is 5.32 Å². The first-order valence-electron chi connectivity index (χ1n) is 4.18. The van der Waals surface area contributed by atoms with Gasteiger partial charge >= 0.3 is 0 Å². The zero-order chi connectivity index (χ0) is 7.98. The number of hydrogen-bond donors (Lipinski definition) is 1. The number of rotatable bonds is 5.